The van der Waals surface area contributed by atoms with Crippen molar-refractivity contribution in [3.8, 4) is 17.2 Å². The molecular formula is C10H7NO3. The highest BCUT2D eigenvalue weighted by Gasteiger charge is 2.05. The molecule has 0 spiro atoms. The van der Waals surface area contributed by atoms with Gasteiger partial charge in [0.2, 0.25) is 5.89 Å². The Morgan fingerprint density at radius 3 is 2.57 bits per heavy atom. The van der Waals surface area contributed by atoms with Crippen molar-refractivity contribution in [2.75, 3.05) is 0 Å². The van der Waals surface area contributed by atoms with Crippen molar-refractivity contribution < 1.29 is 14.3 Å². The van der Waals surface area contributed by atoms with Gasteiger partial charge in [0.15, 0.2) is 12.0 Å². The molecule has 0 aliphatic rings. The molecule has 0 amide bonds. The van der Waals surface area contributed by atoms with Crippen molar-refractivity contribution in [3.05, 3.63) is 36.2 Å². The summed E-state index contributed by atoms with van der Waals surface area (Å²) in [7, 11) is 0. The first kappa shape index (κ1) is 8.50. The lowest BCUT2D eigenvalue weighted by Crippen LogP contribution is -1.75. The average molecular weight is 189 g/mol. The van der Waals surface area contributed by atoms with E-state index < -0.39 is 0 Å². The van der Waals surface area contributed by atoms with Gasteiger partial charge in [-0.2, -0.15) is 0 Å². The van der Waals surface area contributed by atoms with Crippen LogP contribution in [0.2, 0.25) is 0 Å². The SMILES string of the molecule is O=Cc1cnc(-c2ccc(O)cc2)o1. The summed E-state index contributed by atoms with van der Waals surface area (Å²) in [6.45, 7) is 0. The highest BCUT2D eigenvalue weighted by molar-refractivity contribution is 5.71. The molecule has 1 N–H and O–H groups in total. The first-order valence-corrected chi connectivity index (χ1v) is 4.00. The van der Waals surface area contributed by atoms with Gasteiger partial charge >= 0.3 is 0 Å². The lowest BCUT2D eigenvalue weighted by molar-refractivity contribution is 0.110. The molecule has 0 fully saturated rings. The fourth-order valence-electron chi connectivity index (χ4n) is 1.08. The van der Waals surface area contributed by atoms with E-state index in [0.29, 0.717) is 12.2 Å². The molecular weight excluding hydrogens is 182 g/mol. The quantitative estimate of drug-likeness (QED) is 0.732. The summed E-state index contributed by atoms with van der Waals surface area (Å²) in [6.07, 6.45) is 1.95. The van der Waals surface area contributed by atoms with Crippen LogP contribution in [0.3, 0.4) is 0 Å². The van der Waals surface area contributed by atoms with Crippen molar-refractivity contribution in [2.24, 2.45) is 0 Å². The van der Waals surface area contributed by atoms with Crippen LogP contribution in [0.15, 0.2) is 34.9 Å². The number of carbonyl (C=O) groups is 1. The smallest absolute Gasteiger partial charge is 0.226 e. The summed E-state index contributed by atoms with van der Waals surface area (Å²) in [5.74, 6) is 0.732. The largest absolute Gasteiger partial charge is 0.508 e. The zero-order valence-electron chi connectivity index (χ0n) is 7.18. The van der Waals surface area contributed by atoms with E-state index in [1.165, 1.54) is 18.3 Å². The molecule has 14 heavy (non-hydrogen) atoms. The van der Waals surface area contributed by atoms with Crippen LogP contribution < -0.4 is 0 Å². The Kier molecular flexibility index (Phi) is 2.02. The third-order valence-corrected chi connectivity index (χ3v) is 1.75. The zero-order chi connectivity index (χ0) is 9.97. The van der Waals surface area contributed by atoms with E-state index in [1.54, 1.807) is 12.1 Å². The fourth-order valence-corrected chi connectivity index (χ4v) is 1.08. The van der Waals surface area contributed by atoms with Gasteiger partial charge in [-0.15, -0.1) is 0 Å². The first-order chi connectivity index (χ1) is 6.79. The number of hydrogen-bond donors (Lipinski definition) is 1. The Labute approximate surface area is 79.8 Å². The number of carbonyl (C=O) groups excluding carboxylic acids is 1. The number of phenolic OH excluding ortho intramolecular Hbond substituents is 1. The number of hydrogen-bond acceptors (Lipinski definition) is 4. The highest BCUT2D eigenvalue weighted by atomic mass is 16.4. The summed E-state index contributed by atoms with van der Waals surface area (Å²) >= 11 is 0. The monoisotopic (exact) mass is 189 g/mol. The molecule has 0 unspecified atom stereocenters. The molecule has 0 radical (unpaired) electrons. The second kappa shape index (κ2) is 3.33. The van der Waals surface area contributed by atoms with E-state index in [4.69, 9.17) is 9.52 Å². The van der Waals surface area contributed by atoms with Crippen molar-refractivity contribution in [3.63, 3.8) is 0 Å². The Hall–Kier alpha value is -2.10. The fraction of sp³-hybridized carbons (Fsp3) is 0. The molecule has 0 saturated heterocycles. The maximum atomic E-state index is 10.3. The number of rotatable bonds is 2. The van der Waals surface area contributed by atoms with E-state index in [0.717, 1.165) is 5.56 Å². The van der Waals surface area contributed by atoms with Gasteiger partial charge in [0, 0.05) is 5.56 Å². The van der Waals surface area contributed by atoms with E-state index in [-0.39, 0.29) is 11.5 Å². The summed E-state index contributed by atoms with van der Waals surface area (Å²) in [6, 6.07) is 6.38. The molecule has 4 nitrogen and oxygen atoms in total. The zero-order valence-corrected chi connectivity index (χ0v) is 7.18. The van der Waals surface area contributed by atoms with E-state index in [1.807, 2.05) is 0 Å². The predicted molar refractivity (Wildman–Crippen MR) is 49.0 cm³/mol. The number of aromatic nitrogens is 1. The molecule has 1 aromatic heterocycles. The molecule has 4 heteroatoms. The summed E-state index contributed by atoms with van der Waals surface area (Å²) < 4.78 is 5.10. The van der Waals surface area contributed by atoms with Crippen LogP contribution in [0.1, 0.15) is 10.6 Å². The highest BCUT2D eigenvalue weighted by Crippen LogP contribution is 2.20. The van der Waals surface area contributed by atoms with Gasteiger partial charge in [-0.3, -0.25) is 4.79 Å². The van der Waals surface area contributed by atoms with Gasteiger partial charge < -0.3 is 9.52 Å². The Morgan fingerprint density at radius 2 is 2.00 bits per heavy atom. The minimum absolute atomic E-state index is 0.177. The standard InChI is InChI=1S/C10H7NO3/c12-6-9-5-11-10(14-9)7-1-3-8(13)4-2-7/h1-6,13H. The van der Waals surface area contributed by atoms with Gasteiger partial charge in [0.05, 0.1) is 6.20 Å². The third kappa shape index (κ3) is 1.50. The van der Waals surface area contributed by atoms with Crippen molar-refractivity contribution in [1.82, 2.24) is 4.98 Å². The number of nitrogens with zero attached hydrogens (tertiary/aromatic N) is 1. The number of aldehydes is 1. The van der Waals surface area contributed by atoms with Gasteiger partial charge in [-0.25, -0.2) is 4.98 Å². The predicted octanol–water partition coefficient (Wildman–Crippen LogP) is 1.86. The molecule has 0 atom stereocenters. The van der Waals surface area contributed by atoms with Crippen LogP contribution in [-0.4, -0.2) is 16.4 Å². The van der Waals surface area contributed by atoms with Crippen LogP contribution >= 0.6 is 0 Å². The third-order valence-electron chi connectivity index (χ3n) is 1.75. The molecule has 0 bridgehead atoms. The van der Waals surface area contributed by atoms with Crippen molar-refractivity contribution >= 4 is 6.29 Å². The summed E-state index contributed by atoms with van der Waals surface area (Å²) in [5, 5.41) is 9.05. The number of oxazole rings is 1. The maximum Gasteiger partial charge on any atom is 0.226 e. The Balaban J connectivity index is 2.39. The van der Waals surface area contributed by atoms with Gasteiger partial charge in [-0.05, 0) is 24.3 Å². The Bertz CT molecular complexity index is 445. The number of benzene rings is 1. The minimum atomic E-state index is 0.177. The average Bonchev–Trinajstić information content (AvgIpc) is 2.67. The van der Waals surface area contributed by atoms with Gasteiger partial charge in [0.1, 0.15) is 5.75 Å². The first-order valence-electron chi connectivity index (χ1n) is 4.00. The minimum Gasteiger partial charge on any atom is -0.508 e. The number of phenols is 1. The lowest BCUT2D eigenvalue weighted by Gasteiger charge is -1.94. The van der Waals surface area contributed by atoms with Crippen LogP contribution in [0.25, 0.3) is 11.5 Å². The molecule has 70 valence electrons. The molecule has 2 rings (SSSR count). The molecule has 1 aromatic carbocycles. The van der Waals surface area contributed by atoms with E-state index >= 15 is 0 Å². The summed E-state index contributed by atoms with van der Waals surface area (Å²) in [4.78, 5) is 14.2. The lowest BCUT2D eigenvalue weighted by atomic mass is 10.2. The second-order valence-corrected chi connectivity index (χ2v) is 2.73. The molecule has 2 aromatic rings. The molecule has 0 aliphatic carbocycles. The topological polar surface area (TPSA) is 63.3 Å². The molecule has 0 aliphatic heterocycles. The van der Waals surface area contributed by atoms with Crippen molar-refractivity contribution in [1.29, 1.82) is 0 Å². The van der Waals surface area contributed by atoms with Crippen LogP contribution in [0.5, 0.6) is 5.75 Å². The van der Waals surface area contributed by atoms with Gasteiger partial charge in [0.25, 0.3) is 0 Å². The normalized spacial score (nSPS) is 10.0. The van der Waals surface area contributed by atoms with E-state index in [9.17, 15) is 4.79 Å². The van der Waals surface area contributed by atoms with Gasteiger partial charge in [-0.1, -0.05) is 0 Å². The summed E-state index contributed by atoms with van der Waals surface area (Å²) in [5.41, 5.74) is 0.718. The van der Waals surface area contributed by atoms with Crippen LogP contribution in [0, 0.1) is 0 Å². The molecule has 1 heterocycles. The number of aromatic hydroxyl groups is 1. The maximum absolute atomic E-state index is 10.3. The molecule has 0 saturated carbocycles. The second-order valence-electron chi connectivity index (χ2n) is 2.73. The van der Waals surface area contributed by atoms with Crippen LogP contribution in [0.4, 0.5) is 0 Å². The Morgan fingerprint density at radius 1 is 1.29 bits per heavy atom. The van der Waals surface area contributed by atoms with Crippen LogP contribution in [-0.2, 0) is 0 Å². The van der Waals surface area contributed by atoms with Crippen molar-refractivity contribution in [2.45, 2.75) is 0 Å². The van der Waals surface area contributed by atoms with E-state index in [2.05, 4.69) is 4.98 Å².